The molecule has 8 heteroatoms. The molecule has 0 radical (unpaired) electrons. The van der Waals surface area contributed by atoms with Gasteiger partial charge in [-0.2, -0.15) is 0 Å². The van der Waals surface area contributed by atoms with Crippen molar-refractivity contribution in [1.82, 2.24) is 10.9 Å². The fourth-order valence-electron chi connectivity index (χ4n) is 2.38. The first kappa shape index (κ1) is 19.1. The number of hydrazine groups is 1. The number of hydrogen-bond acceptors (Lipinski definition) is 4. The van der Waals surface area contributed by atoms with E-state index in [1.54, 1.807) is 36.4 Å². The Morgan fingerprint density at radius 1 is 1.04 bits per heavy atom. The zero-order valence-electron chi connectivity index (χ0n) is 14.1. The first-order valence-corrected chi connectivity index (χ1v) is 8.91. The van der Waals surface area contributed by atoms with Gasteiger partial charge in [-0.1, -0.05) is 29.3 Å². The van der Waals surface area contributed by atoms with E-state index in [-0.39, 0.29) is 0 Å². The van der Waals surface area contributed by atoms with E-state index in [9.17, 15) is 9.59 Å². The van der Waals surface area contributed by atoms with Crippen LogP contribution in [0, 0.1) is 0 Å². The Labute approximate surface area is 166 Å². The number of ether oxygens (including phenoxy) is 2. The van der Waals surface area contributed by atoms with E-state index in [0.717, 1.165) is 6.42 Å². The SMILES string of the molecule is O=C(/C=C/c1cc(Cl)c2c(c1)OCCCO2)NNC(=O)c1cccc(Cl)c1. The summed E-state index contributed by atoms with van der Waals surface area (Å²) in [5.41, 5.74) is 5.61. The van der Waals surface area contributed by atoms with Crippen molar-refractivity contribution in [1.29, 1.82) is 0 Å². The van der Waals surface area contributed by atoms with Gasteiger partial charge in [-0.3, -0.25) is 20.4 Å². The number of rotatable bonds is 3. The standard InChI is InChI=1S/C19H16Cl2N2O4/c20-14-4-1-3-13(11-14)19(25)23-22-17(24)6-5-12-9-15(21)18-16(10-12)26-7-2-8-27-18/h1,3-6,9-11H,2,7-8H2,(H,22,24)(H,23,25)/b6-5+. The van der Waals surface area contributed by atoms with Crippen molar-refractivity contribution in [2.24, 2.45) is 0 Å². The molecular formula is C19H16Cl2N2O4. The van der Waals surface area contributed by atoms with Crippen LogP contribution in [0.3, 0.4) is 0 Å². The van der Waals surface area contributed by atoms with Crippen LogP contribution in [0.4, 0.5) is 0 Å². The predicted molar refractivity (Wildman–Crippen MR) is 103 cm³/mol. The molecule has 1 aliphatic heterocycles. The summed E-state index contributed by atoms with van der Waals surface area (Å²) in [6.45, 7) is 1.07. The van der Waals surface area contributed by atoms with E-state index in [2.05, 4.69) is 10.9 Å². The van der Waals surface area contributed by atoms with Crippen LogP contribution in [0.2, 0.25) is 10.0 Å². The third-order valence-corrected chi connectivity index (χ3v) is 4.15. The third-order valence-electron chi connectivity index (χ3n) is 3.64. The zero-order chi connectivity index (χ0) is 19.2. The molecule has 140 valence electrons. The number of carbonyl (C=O) groups excluding carboxylic acids is 2. The molecule has 0 saturated carbocycles. The highest BCUT2D eigenvalue weighted by Gasteiger charge is 2.15. The monoisotopic (exact) mass is 406 g/mol. The Kier molecular flexibility index (Phi) is 6.21. The highest BCUT2D eigenvalue weighted by molar-refractivity contribution is 6.32. The fraction of sp³-hybridized carbons (Fsp3) is 0.158. The average molecular weight is 407 g/mol. The van der Waals surface area contributed by atoms with Crippen LogP contribution < -0.4 is 20.3 Å². The number of carbonyl (C=O) groups is 2. The van der Waals surface area contributed by atoms with Crippen molar-refractivity contribution < 1.29 is 19.1 Å². The van der Waals surface area contributed by atoms with Gasteiger partial charge in [0.15, 0.2) is 11.5 Å². The minimum Gasteiger partial charge on any atom is -0.489 e. The van der Waals surface area contributed by atoms with E-state index in [0.29, 0.717) is 45.9 Å². The van der Waals surface area contributed by atoms with Crippen molar-refractivity contribution >= 4 is 41.1 Å². The van der Waals surface area contributed by atoms with E-state index in [4.69, 9.17) is 32.7 Å². The molecule has 0 saturated heterocycles. The maximum atomic E-state index is 12.0. The Morgan fingerprint density at radius 2 is 1.85 bits per heavy atom. The second kappa shape index (κ2) is 8.79. The average Bonchev–Trinajstić information content (AvgIpc) is 2.90. The molecule has 2 N–H and O–H groups in total. The first-order valence-electron chi connectivity index (χ1n) is 8.16. The Hall–Kier alpha value is -2.70. The summed E-state index contributed by atoms with van der Waals surface area (Å²) in [4.78, 5) is 23.9. The van der Waals surface area contributed by atoms with Crippen LogP contribution in [0.5, 0.6) is 11.5 Å². The van der Waals surface area contributed by atoms with Gasteiger partial charge >= 0.3 is 0 Å². The minimum absolute atomic E-state index is 0.335. The van der Waals surface area contributed by atoms with E-state index < -0.39 is 11.8 Å². The van der Waals surface area contributed by atoms with Crippen LogP contribution in [0.15, 0.2) is 42.5 Å². The molecule has 0 unspecified atom stereocenters. The van der Waals surface area contributed by atoms with Gasteiger partial charge in [-0.15, -0.1) is 0 Å². The van der Waals surface area contributed by atoms with Gasteiger partial charge in [0, 0.05) is 23.1 Å². The van der Waals surface area contributed by atoms with Crippen LogP contribution >= 0.6 is 23.2 Å². The summed E-state index contributed by atoms with van der Waals surface area (Å²) in [5.74, 6) is 0.0605. The van der Waals surface area contributed by atoms with Crippen LogP contribution in [0.25, 0.3) is 6.08 Å². The van der Waals surface area contributed by atoms with Crippen LogP contribution in [-0.2, 0) is 4.79 Å². The van der Waals surface area contributed by atoms with Gasteiger partial charge in [0.1, 0.15) is 0 Å². The highest BCUT2D eigenvalue weighted by atomic mass is 35.5. The van der Waals surface area contributed by atoms with Crippen molar-refractivity contribution in [3.63, 3.8) is 0 Å². The lowest BCUT2D eigenvalue weighted by Crippen LogP contribution is -2.40. The summed E-state index contributed by atoms with van der Waals surface area (Å²) >= 11 is 12.0. The maximum absolute atomic E-state index is 12.0. The smallest absolute Gasteiger partial charge is 0.269 e. The number of hydrogen-bond donors (Lipinski definition) is 2. The highest BCUT2D eigenvalue weighted by Crippen LogP contribution is 2.38. The van der Waals surface area contributed by atoms with Crippen molar-refractivity contribution in [2.45, 2.75) is 6.42 Å². The molecule has 1 heterocycles. The topological polar surface area (TPSA) is 76.7 Å². The zero-order valence-corrected chi connectivity index (χ0v) is 15.6. The van der Waals surface area contributed by atoms with E-state index in [1.165, 1.54) is 12.1 Å². The predicted octanol–water partition coefficient (Wildman–Crippen LogP) is 3.63. The number of benzene rings is 2. The van der Waals surface area contributed by atoms with Gasteiger partial charge < -0.3 is 9.47 Å². The second-order valence-electron chi connectivity index (χ2n) is 5.67. The lowest BCUT2D eigenvalue weighted by Gasteiger charge is -2.10. The summed E-state index contributed by atoms with van der Waals surface area (Å²) in [5, 5.41) is 0.837. The summed E-state index contributed by atoms with van der Waals surface area (Å²) in [6.07, 6.45) is 3.60. The molecule has 0 fully saturated rings. The molecule has 0 aliphatic carbocycles. The second-order valence-corrected chi connectivity index (χ2v) is 6.51. The van der Waals surface area contributed by atoms with Crippen molar-refractivity contribution in [3.8, 4) is 11.5 Å². The lowest BCUT2D eigenvalue weighted by molar-refractivity contribution is -0.117. The maximum Gasteiger partial charge on any atom is 0.269 e. The Balaban J connectivity index is 1.61. The quantitative estimate of drug-likeness (QED) is 0.602. The number of nitrogens with one attached hydrogen (secondary N) is 2. The van der Waals surface area contributed by atoms with Crippen LogP contribution in [0.1, 0.15) is 22.3 Å². The summed E-state index contributed by atoms with van der Waals surface area (Å²) in [6, 6.07) is 9.79. The van der Waals surface area contributed by atoms with Gasteiger partial charge in [0.25, 0.3) is 11.8 Å². The van der Waals surface area contributed by atoms with Gasteiger partial charge in [0.2, 0.25) is 0 Å². The van der Waals surface area contributed by atoms with Crippen LogP contribution in [-0.4, -0.2) is 25.0 Å². The molecule has 2 amide bonds. The first-order chi connectivity index (χ1) is 13.0. The molecule has 27 heavy (non-hydrogen) atoms. The molecule has 0 spiro atoms. The fourth-order valence-corrected chi connectivity index (χ4v) is 2.84. The molecular weight excluding hydrogens is 391 g/mol. The molecule has 1 aliphatic rings. The van der Waals surface area contributed by atoms with Gasteiger partial charge in [-0.25, -0.2) is 0 Å². The molecule has 2 aromatic rings. The van der Waals surface area contributed by atoms with Crippen molar-refractivity contribution in [3.05, 3.63) is 63.6 Å². The number of fused-ring (bicyclic) bond motifs is 1. The Bertz CT molecular complexity index is 899. The Morgan fingerprint density at radius 3 is 2.67 bits per heavy atom. The van der Waals surface area contributed by atoms with E-state index in [1.807, 2.05) is 0 Å². The third kappa shape index (κ3) is 5.15. The number of amides is 2. The molecule has 0 atom stereocenters. The van der Waals surface area contributed by atoms with Gasteiger partial charge in [0.05, 0.1) is 18.2 Å². The van der Waals surface area contributed by atoms with E-state index >= 15 is 0 Å². The van der Waals surface area contributed by atoms with Crippen molar-refractivity contribution in [2.75, 3.05) is 13.2 Å². The lowest BCUT2D eigenvalue weighted by atomic mass is 10.2. The molecule has 2 aromatic carbocycles. The summed E-state index contributed by atoms with van der Waals surface area (Å²) in [7, 11) is 0. The largest absolute Gasteiger partial charge is 0.489 e. The normalized spacial score (nSPS) is 13.1. The summed E-state index contributed by atoms with van der Waals surface area (Å²) < 4.78 is 11.2. The number of halogens is 2. The minimum atomic E-state index is -0.506. The molecule has 0 bridgehead atoms. The molecule has 6 nitrogen and oxygen atoms in total. The van der Waals surface area contributed by atoms with Gasteiger partial charge in [-0.05, 0) is 42.0 Å². The molecule has 3 rings (SSSR count). The molecule has 0 aromatic heterocycles.